The Hall–Kier alpha value is -1.62. The van der Waals surface area contributed by atoms with Crippen LogP contribution in [0.2, 0.25) is 0 Å². The lowest BCUT2D eigenvalue weighted by molar-refractivity contribution is 0.299. The van der Waals surface area contributed by atoms with Crippen molar-refractivity contribution in [3.63, 3.8) is 0 Å². The van der Waals surface area contributed by atoms with Crippen LogP contribution in [0, 0.1) is 0 Å². The molecule has 0 unspecified atom stereocenters. The minimum absolute atomic E-state index is 0.0598. The summed E-state index contributed by atoms with van der Waals surface area (Å²) in [5.74, 6) is -0.423. The fourth-order valence-corrected chi connectivity index (χ4v) is 1.32. The fourth-order valence-electron chi connectivity index (χ4n) is 1.32. The van der Waals surface area contributed by atoms with Crippen molar-refractivity contribution in [3.05, 3.63) is 28.4 Å². The zero-order chi connectivity index (χ0) is 10.1. The molecule has 0 atom stereocenters. The van der Waals surface area contributed by atoms with Gasteiger partial charge in [0.2, 0.25) is 0 Å². The number of aryl methyl sites for hydroxylation is 1. The highest BCUT2D eigenvalue weighted by Gasteiger charge is 2.07. The molecule has 0 aromatic carbocycles. The maximum atomic E-state index is 11.1. The Balaban J connectivity index is 2.61. The molecule has 74 valence electrons. The minimum atomic E-state index is -0.423. The smallest absolute Gasteiger partial charge is 0.406 e. The zero-order valence-electron chi connectivity index (χ0n) is 7.73. The second-order valence-electron chi connectivity index (χ2n) is 3.07. The van der Waals surface area contributed by atoms with Gasteiger partial charge in [0.15, 0.2) is 11.2 Å². The quantitative estimate of drug-likeness (QED) is 0.734. The Labute approximate surface area is 79.6 Å². The monoisotopic (exact) mass is 194 g/mol. The second-order valence-corrected chi connectivity index (χ2v) is 3.07. The number of rotatable bonds is 2. The number of oxazole rings is 1. The van der Waals surface area contributed by atoms with Crippen molar-refractivity contribution in [2.75, 3.05) is 6.61 Å². The van der Waals surface area contributed by atoms with Crippen LogP contribution >= 0.6 is 0 Å². The molecule has 2 aromatic heterocycles. The van der Waals surface area contributed by atoms with Gasteiger partial charge in [-0.15, -0.1) is 0 Å². The molecule has 0 spiro atoms. The molecular formula is C9H10N2O3. The third-order valence-corrected chi connectivity index (χ3v) is 2.08. The second kappa shape index (κ2) is 3.26. The molecule has 2 aromatic rings. The molecular weight excluding hydrogens is 184 g/mol. The standard InChI is InChI=1S/C9H10N2O3/c1-11-8-7(14-9(11)13)4-6(2-3-12)5-10-8/h4-5,12H,2-3H2,1H3. The lowest BCUT2D eigenvalue weighted by Crippen LogP contribution is -2.08. The van der Waals surface area contributed by atoms with E-state index in [1.165, 1.54) is 4.57 Å². The molecule has 0 radical (unpaired) electrons. The van der Waals surface area contributed by atoms with Crippen molar-refractivity contribution in [1.29, 1.82) is 0 Å². The zero-order valence-corrected chi connectivity index (χ0v) is 7.73. The maximum absolute atomic E-state index is 11.1. The molecule has 0 saturated carbocycles. The minimum Gasteiger partial charge on any atom is -0.406 e. The van der Waals surface area contributed by atoms with Crippen LogP contribution in [0.5, 0.6) is 0 Å². The summed E-state index contributed by atoms with van der Waals surface area (Å²) < 4.78 is 6.29. The van der Waals surface area contributed by atoms with Crippen LogP contribution in [0.25, 0.3) is 11.2 Å². The summed E-state index contributed by atoms with van der Waals surface area (Å²) in [6.45, 7) is 0.0598. The van der Waals surface area contributed by atoms with Crippen molar-refractivity contribution in [2.45, 2.75) is 6.42 Å². The molecule has 2 heterocycles. The third kappa shape index (κ3) is 1.31. The van der Waals surface area contributed by atoms with E-state index < -0.39 is 5.76 Å². The van der Waals surface area contributed by atoms with E-state index in [1.807, 2.05) is 0 Å². The van der Waals surface area contributed by atoms with E-state index in [9.17, 15) is 4.79 Å². The molecule has 0 fully saturated rings. The molecule has 0 saturated heterocycles. The van der Waals surface area contributed by atoms with Gasteiger partial charge in [0.25, 0.3) is 0 Å². The third-order valence-electron chi connectivity index (χ3n) is 2.08. The lowest BCUT2D eigenvalue weighted by Gasteiger charge is -1.96. The Morgan fingerprint density at radius 2 is 2.43 bits per heavy atom. The van der Waals surface area contributed by atoms with Crippen LogP contribution in [0.15, 0.2) is 21.5 Å². The van der Waals surface area contributed by atoms with E-state index >= 15 is 0 Å². The molecule has 0 bridgehead atoms. The molecule has 0 amide bonds. The summed E-state index contributed by atoms with van der Waals surface area (Å²) in [5.41, 5.74) is 1.84. The Kier molecular flexibility index (Phi) is 2.09. The number of pyridine rings is 1. The van der Waals surface area contributed by atoms with Crippen molar-refractivity contribution in [2.24, 2.45) is 7.05 Å². The summed E-state index contributed by atoms with van der Waals surface area (Å²) in [7, 11) is 1.60. The predicted octanol–water partition coefficient (Wildman–Crippen LogP) is 0.0613. The highest BCUT2D eigenvalue weighted by molar-refractivity contribution is 5.68. The number of hydrogen-bond donors (Lipinski definition) is 1. The average Bonchev–Trinajstić information content (AvgIpc) is 2.43. The van der Waals surface area contributed by atoms with E-state index in [4.69, 9.17) is 9.52 Å². The number of hydrogen-bond acceptors (Lipinski definition) is 4. The lowest BCUT2D eigenvalue weighted by atomic mass is 10.2. The number of aromatic nitrogens is 2. The van der Waals surface area contributed by atoms with E-state index in [0.29, 0.717) is 17.7 Å². The SMILES string of the molecule is Cn1c(=O)oc2cc(CCO)cnc21. The maximum Gasteiger partial charge on any atom is 0.420 e. The van der Waals surface area contributed by atoms with Crippen LogP contribution in [0.1, 0.15) is 5.56 Å². The number of aliphatic hydroxyl groups is 1. The van der Waals surface area contributed by atoms with Crippen molar-refractivity contribution in [1.82, 2.24) is 9.55 Å². The molecule has 2 rings (SSSR count). The van der Waals surface area contributed by atoms with Gasteiger partial charge in [-0.05, 0) is 18.1 Å². The highest BCUT2D eigenvalue weighted by Crippen LogP contribution is 2.11. The van der Waals surface area contributed by atoms with Crippen molar-refractivity contribution >= 4 is 11.2 Å². The fraction of sp³-hybridized carbons (Fsp3) is 0.333. The van der Waals surface area contributed by atoms with Gasteiger partial charge in [0.05, 0.1) is 0 Å². The molecule has 14 heavy (non-hydrogen) atoms. The largest absolute Gasteiger partial charge is 0.420 e. The molecule has 1 N–H and O–H groups in total. The van der Waals surface area contributed by atoms with Crippen LogP contribution < -0.4 is 5.76 Å². The topological polar surface area (TPSA) is 68.3 Å². The Morgan fingerprint density at radius 3 is 3.14 bits per heavy atom. The van der Waals surface area contributed by atoms with Crippen LogP contribution in [0.3, 0.4) is 0 Å². The van der Waals surface area contributed by atoms with E-state index in [0.717, 1.165) is 5.56 Å². The first kappa shape index (κ1) is 8.96. The van der Waals surface area contributed by atoms with Crippen molar-refractivity contribution in [3.8, 4) is 0 Å². The summed E-state index contributed by atoms with van der Waals surface area (Å²) in [5, 5.41) is 8.73. The predicted molar refractivity (Wildman–Crippen MR) is 50.0 cm³/mol. The first-order valence-corrected chi connectivity index (χ1v) is 4.27. The first-order valence-electron chi connectivity index (χ1n) is 4.27. The Morgan fingerprint density at radius 1 is 1.64 bits per heavy atom. The van der Waals surface area contributed by atoms with Gasteiger partial charge >= 0.3 is 5.76 Å². The summed E-state index contributed by atoms with van der Waals surface area (Å²) >= 11 is 0. The average molecular weight is 194 g/mol. The van der Waals surface area contributed by atoms with E-state index in [1.54, 1.807) is 19.3 Å². The van der Waals surface area contributed by atoms with Crippen molar-refractivity contribution < 1.29 is 9.52 Å². The van der Waals surface area contributed by atoms with Crippen LogP contribution in [-0.2, 0) is 13.5 Å². The van der Waals surface area contributed by atoms with Gasteiger partial charge in [-0.3, -0.25) is 4.57 Å². The van der Waals surface area contributed by atoms with Crippen LogP contribution in [0.4, 0.5) is 0 Å². The van der Waals surface area contributed by atoms with Crippen LogP contribution in [-0.4, -0.2) is 21.3 Å². The summed E-state index contributed by atoms with van der Waals surface area (Å²) in [6.07, 6.45) is 2.15. The molecule has 5 nitrogen and oxygen atoms in total. The molecule has 0 aliphatic rings. The van der Waals surface area contributed by atoms with Gasteiger partial charge in [0, 0.05) is 19.9 Å². The van der Waals surface area contributed by atoms with Gasteiger partial charge < -0.3 is 9.52 Å². The Bertz CT molecular complexity index is 512. The van der Waals surface area contributed by atoms with E-state index in [2.05, 4.69) is 4.98 Å². The van der Waals surface area contributed by atoms with Gasteiger partial charge in [0.1, 0.15) is 0 Å². The summed E-state index contributed by atoms with van der Waals surface area (Å²) in [6, 6.07) is 1.72. The van der Waals surface area contributed by atoms with Gasteiger partial charge in [-0.25, -0.2) is 9.78 Å². The number of nitrogens with zero attached hydrogens (tertiary/aromatic N) is 2. The first-order chi connectivity index (χ1) is 6.72. The van der Waals surface area contributed by atoms with Gasteiger partial charge in [-0.1, -0.05) is 0 Å². The van der Waals surface area contributed by atoms with E-state index in [-0.39, 0.29) is 6.61 Å². The normalized spacial score (nSPS) is 11.0. The molecule has 0 aliphatic carbocycles. The summed E-state index contributed by atoms with van der Waals surface area (Å²) in [4.78, 5) is 15.2. The number of aliphatic hydroxyl groups excluding tert-OH is 1. The highest BCUT2D eigenvalue weighted by atomic mass is 16.4. The van der Waals surface area contributed by atoms with Gasteiger partial charge in [-0.2, -0.15) is 0 Å². The molecule has 5 heteroatoms. The molecule has 0 aliphatic heterocycles. The number of fused-ring (bicyclic) bond motifs is 1.